The zero-order chi connectivity index (χ0) is 19.2. The van der Waals surface area contributed by atoms with E-state index in [0.29, 0.717) is 22.4 Å². The number of halogens is 1. The molecule has 138 valence electrons. The molecular weight excluding hydrogens is 371 g/mol. The molecule has 0 N–H and O–H groups in total. The van der Waals surface area contributed by atoms with E-state index in [1.165, 1.54) is 17.8 Å². The second kappa shape index (κ2) is 8.63. The highest BCUT2D eigenvalue weighted by Crippen LogP contribution is 2.28. The van der Waals surface area contributed by atoms with E-state index in [4.69, 9.17) is 0 Å². The SMILES string of the molecule is Fc1ccccc1-n1c(SC/C=C/c2ccccc2)nnc1-c1cccnc1. The van der Waals surface area contributed by atoms with Crippen molar-refractivity contribution < 1.29 is 4.39 Å². The molecule has 0 atom stereocenters. The minimum Gasteiger partial charge on any atom is -0.267 e. The van der Waals surface area contributed by atoms with E-state index in [1.54, 1.807) is 35.2 Å². The van der Waals surface area contributed by atoms with Gasteiger partial charge in [0.2, 0.25) is 0 Å². The van der Waals surface area contributed by atoms with E-state index in [0.717, 1.165) is 11.1 Å². The second-order valence-electron chi connectivity index (χ2n) is 5.96. The Balaban J connectivity index is 1.65. The molecule has 4 rings (SSSR count). The summed E-state index contributed by atoms with van der Waals surface area (Å²) in [6, 6.07) is 20.4. The van der Waals surface area contributed by atoms with Crippen molar-refractivity contribution in [3.8, 4) is 17.1 Å². The molecule has 0 aliphatic rings. The van der Waals surface area contributed by atoms with Crippen LogP contribution >= 0.6 is 11.8 Å². The summed E-state index contributed by atoms with van der Waals surface area (Å²) < 4.78 is 16.3. The standard InChI is InChI=1S/C22H17FN4S/c23-19-12-4-5-13-20(19)27-21(18-11-6-14-24-16-18)25-26-22(27)28-15-7-10-17-8-2-1-3-9-17/h1-14,16H,15H2/b10-7+. The van der Waals surface area contributed by atoms with Crippen molar-refractivity contribution in [1.82, 2.24) is 19.7 Å². The smallest absolute Gasteiger partial charge is 0.196 e. The molecule has 6 heteroatoms. The summed E-state index contributed by atoms with van der Waals surface area (Å²) in [5, 5.41) is 9.23. The quantitative estimate of drug-likeness (QED) is 0.422. The average molecular weight is 388 g/mol. The summed E-state index contributed by atoms with van der Waals surface area (Å²) >= 11 is 1.50. The lowest BCUT2D eigenvalue weighted by atomic mass is 10.2. The lowest BCUT2D eigenvalue weighted by molar-refractivity contribution is 0.613. The molecule has 2 aromatic heterocycles. The van der Waals surface area contributed by atoms with Gasteiger partial charge in [-0.1, -0.05) is 66.4 Å². The molecule has 28 heavy (non-hydrogen) atoms. The first-order valence-electron chi connectivity index (χ1n) is 8.78. The van der Waals surface area contributed by atoms with Gasteiger partial charge in [-0.3, -0.25) is 9.55 Å². The molecule has 2 aromatic carbocycles. The van der Waals surface area contributed by atoms with Crippen molar-refractivity contribution >= 4 is 17.8 Å². The van der Waals surface area contributed by atoms with Gasteiger partial charge in [0.25, 0.3) is 0 Å². The molecule has 2 heterocycles. The van der Waals surface area contributed by atoms with Crippen molar-refractivity contribution in [3.05, 3.63) is 96.6 Å². The third kappa shape index (κ3) is 4.02. The van der Waals surface area contributed by atoms with Gasteiger partial charge in [-0.05, 0) is 29.8 Å². The van der Waals surface area contributed by atoms with Crippen LogP contribution in [0.15, 0.2) is 90.4 Å². The lowest BCUT2D eigenvalue weighted by Gasteiger charge is -2.10. The predicted molar refractivity (Wildman–Crippen MR) is 111 cm³/mol. The van der Waals surface area contributed by atoms with E-state index >= 15 is 0 Å². The number of pyridine rings is 1. The molecule has 0 fully saturated rings. The van der Waals surface area contributed by atoms with Gasteiger partial charge < -0.3 is 0 Å². The molecule has 0 aliphatic carbocycles. The van der Waals surface area contributed by atoms with Gasteiger partial charge in [-0.2, -0.15) is 0 Å². The van der Waals surface area contributed by atoms with Crippen LogP contribution in [-0.2, 0) is 0 Å². The van der Waals surface area contributed by atoms with Crippen LogP contribution in [0.2, 0.25) is 0 Å². The second-order valence-corrected chi connectivity index (χ2v) is 6.95. The van der Waals surface area contributed by atoms with Gasteiger partial charge in [0.1, 0.15) is 5.82 Å². The van der Waals surface area contributed by atoms with Gasteiger partial charge in [-0.15, -0.1) is 10.2 Å². The lowest BCUT2D eigenvalue weighted by Crippen LogP contribution is -2.02. The zero-order valence-corrected chi connectivity index (χ0v) is 15.8. The topological polar surface area (TPSA) is 43.6 Å². The first-order valence-corrected chi connectivity index (χ1v) is 9.76. The van der Waals surface area contributed by atoms with Gasteiger partial charge in [0.05, 0.1) is 5.69 Å². The number of nitrogens with zero attached hydrogens (tertiary/aromatic N) is 4. The van der Waals surface area contributed by atoms with Crippen LogP contribution < -0.4 is 0 Å². The molecular formula is C22H17FN4S. The number of hydrogen-bond donors (Lipinski definition) is 0. The van der Waals surface area contributed by atoms with E-state index in [1.807, 2.05) is 42.5 Å². The monoisotopic (exact) mass is 388 g/mol. The Hall–Kier alpha value is -3.25. The van der Waals surface area contributed by atoms with Crippen molar-refractivity contribution in [2.75, 3.05) is 5.75 Å². The predicted octanol–water partition coefficient (Wildman–Crippen LogP) is 5.27. The fraction of sp³-hybridized carbons (Fsp3) is 0.0455. The van der Waals surface area contributed by atoms with Crippen LogP contribution in [0.1, 0.15) is 5.56 Å². The van der Waals surface area contributed by atoms with Crippen LogP contribution in [0.4, 0.5) is 4.39 Å². The minimum absolute atomic E-state index is 0.325. The third-order valence-electron chi connectivity index (χ3n) is 4.06. The number of para-hydroxylation sites is 1. The molecule has 4 aromatic rings. The Kier molecular flexibility index (Phi) is 5.58. The van der Waals surface area contributed by atoms with Gasteiger partial charge in [0, 0.05) is 23.7 Å². The van der Waals surface area contributed by atoms with Gasteiger partial charge in [0.15, 0.2) is 11.0 Å². The van der Waals surface area contributed by atoms with Crippen molar-refractivity contribution in [1.29, 1.82) is 0 Å². The Morgan fingerprint density at radius 3 is 2.54 bits per heavy atom. The number of hydrogen-bond acceptors (Lipinski definition) is 4. The summed E-state index contributed by atoms with van der Waals surface area (Å²) in [5.41, 5.74) is 2.33. The number of aromatic nitrogens is 4. The van der Waals surface area contributed by atoms with Crippen LogP contribution in [0.25, 0.3) is 23.2 Å². The number of thioether (sulfide) groups is 1. The normalized spacial score (nSPS) is 11.2. The summed E-state index contributed by atoms with van der Waals surface area (Å²) in [4.78, 5) is 4.14. The first-order chi connectivity index (χ1) is 13.8. The minimum atomic E-state index is -0.325. The van der Waals surface area contributed by atoms with Gasteiger partial charge in [-0.25, -0.2) is 4.39 Å². The third-order valence-corrected chi connectivity index (χ3v) is 4.95. The average Bonchev–Trinajstić information content (AvgIpc) is 3.16. The van der Waals surface area contributed by atoms with Crippen molar-refractivity contribution in [2.24, 2.45) is 0 Å². The van der Waals surface area contributed by atoms with E-state index in [-0.39, 0.29) is 5.82 Å². The molecule has 0 saturated carbocycles. The van der Waals surface area contributed by atoms with Crippen LogP contribution in [-0.4, -0.2) is 25.5 Å². The highest BCUT2D eigenvalue weighted by atomic mass is 32.2. The highest BCUT2D eigenvalue weighted by Gasteiger charge is 2.18. The molecule has 0 saturated heterocycles. The Morgan fingerprint density at radius 2 is 1.75 bits per heavy atom. The van der Waals surface area contributed by atoms with E-state index < -0.39 is 0 Å². The maximum Gasteiger partial charge on any atom is 0.196 e. The van der Waals surface area contributed by atoms with E-state index in [9.17, 15) is 4.39 Å². The molecule has 0 unspecified atom stereocenters. The highest BCUT2D eigenvalue weighted by molar-refractivity contribution is 7.99. The molecule has 0 bridgehead atoms. The van der Waals surface area contributed by atoms with Crippen LogP contribution in [0, 0.1) is 5.82 Å². The van der Waals surface area contributed by atoms with Crippen LogP contribution in [0.3, 0.4) is 0 Å². The number of benzene rings is 2. The van der Waals surface area contributed by atoms with Crippen LogP contribution in [0.5, 0.6) is 0 Å². The fourth-order valence-electron chi connectivity index (χ4n) is 2.77. The molecule has 0 radical (unpaired) electrons. The summed E-state index contributed by atoms with van der Waals surface area (Å²) in [6.45, 7) is 0. The van der Waals surface area contributed by atoms with Crippen molar-refractivity contribution in [2.45, 2.75) is 5.16 Å². The molecule has 4 nitrogen and oxygen atoms in total. The zero-order valence-electron chi connectivity index (χ0n) is 14.9. The van der Waals surface area contributed by atoms with E-state index in [2.05, 4.69) is 27.3 Å². The summed E-state index contributed by atoms with van der Waals surface area (Å²) in [7, 11) is 0. The number of rotatable bonds is 6. The van der Waals surface area contributed by atoms with Crippen molar-refractivity contribution in [3.63, 3.8) is 0 Å². The summed E-state index contributed by atoms with van der Waals surface area (Å²) in [6.07, 6.45) is 7.51. The van der Waals surface area contributed by atoms with Gasteiger partial charge >= 0.3 is 0 Å². The maximum atomic E-state index is 14.5. The molecule has 0 spiro atoms. The fourth-order valence-corrected chi connectivity index (χ4v) is 3.52. The molecule has 0 amide bonds. The first kappa shape index (κ1) is 18.1. The Bertz CT molecular complexity index is 1080. The Morgan fingerprint density at radius 1 is 0.929 bits per heavy atom. The Labute approximate surface area is 166 Å². The molecule has 0 aliphatic heterocycles. The largest absolute Gasteiger partial charge is 0.267 e. The summed E-state index contributed by atoms with van der Waals surface area (Å²) in [5.74, 6) is 0.927. The maximum absolute atomic E-state index is 14.5.